The van der Waals surface area contributed by atoms with E-state index in [0.717, 1.165) is 25.8 Å². The monoisotopic (exact) mass is 380 g/mol. The van der Waals surface area contributed by atoms with Crippen LogP contribution in [0.25, 0.3) is 10.8 Å². The standard InChI is InChI=1S/C24H32N2O2/c1-4-21(5-2)28-23-12-8-11-22(24(23)26-17(3)27)25-16-18-13-14-19-9-6-7-10-20(19)15-18/h6-10,12-15,21-25H,4-5,11,16H2,1-3H3,(H,26,27)/t22-,23?,24+/m0/s1. The zero-order valence-electron chi connectivity index (χ0n) is 17.2. The third kappa shape index (κ3) is 5.21. The van der Waals surface area contributed by atoms with Crippen LogP contribution >= 0.6 is 0 Å². The normalized spacial score (nSPS) is 21.9. The van der Waals surface area contributed by atoms with E-state index in [9.17, 15) is 4.79 Å². The maximum atomic E-state index is 11.8. The van der Waals surface area contributed by atoms with Gasteiger partial charge in [-0.1, -0.05) is 62.4 Å². The van der Waals surface area contributed by atoms with Crippen LogP contribution in [-0.2, 0) is 16.1 Å². The maximum absolute atomic E-state index is 11.8. The lowest BCUT2D eigenvalue weighted by Crippen LogP contribution is -2.57. The molecule has 2 aromatic carbocycles. The molecule has 3 rings (SSSR count). The molecule has 28 heavy (non-hydrogen) atoms. The fraction of sp³-hybridized carbons (Fsp3) is 0.458. The zero-order chi connectivity index (χ0) is 19.9. The van der Waals surface area contributed by atoms with Crippen molar-refractivity contribution >= 4 is 16.7 Å². The lowest BCUT2D eigenvalue weighted by molar-refractivity contribution is -0.121. The van der Waals surface area contributed by atoms with E-state index < -0.39 is 0 Å². The van der Waals surface area contributed by atoms with Gasteiger partial charge >= 0.3 is 0 Å². The number of rotatable bonds is 8. The Kier molecular flexibility index (Phi) is 7.24. The van der Waals surface area contributed by atoms with E-state index in [-0.39, 0.29) is 30.2 Å². The number of amides is 1. The fourth-order valence-corrected chi connectivity index (χ4v) is 3.91. The van der Waals surface area contributed by atoms with Gasteiger partial charge in [0.1, 0.15) is 0 Å². The highest BCUT2D eigenvalue weighted by Crippen LogP contribution is 2.21. The van der Waals surface area contributed by atoms with Crippen LogP contribution in [0, 0.1) is 0 Å². The molecule has 2 aromatic rings. The smallest absolute Gasteiger partial charge is 0.217 e. The van der Waals surface area contributed by atoms with Crippen LogP contribution in [0.1, 0.15) is 45.6 Å². The molecule has 1 unspecified atom stereocenters. The van der Waals surface area contributed by atoms with E-state index in [4.69, 9.17) is 4.74 Å². The molecule has 1 aliphatic rings. The van der Waals surface area contributed by atoms with Gasteiger partial charge in [-0.15, -0.1) is 0 Å². The molecule has 0 saturated heterocycles. The number of ether oxygens (including phenoxy) is 1. The van der Waals surface area contributed by atoms with Crippen LogP contribution in [0.3, 0.4) is 0 Å². The molecular weight excluding hydrogens is 348 g/mol. The molecule has 1 amide bonds. The van der Waals surface area contributed by atoms with E-state index in [1.165, 1.54) is 16.3 Å². The summed E-state index contributed by atoms with van der Waals surface area (Å²) in [4.78, 5) is 11.8. The van der Waals surface area contributed by atoms with Gasteiger partial charge in [0.2, 0.25) is 5.91 Å². The Hall–Kier alpha value is -2.17. The van der Waals surface area contributed by atoms with Crippen molar-refractivity contribution in [2.75, 3.05) is 0 Å². The highest BCUT2D eigenvalue weighted by Gasteiger charge is 2.32. The highest BCUT2D eigenvalue weighted by molar-refractivity contribution is 5.83. The second kappa shape index (κ2) is 9.85. The number of benzene rings is 2. The van der Waals surface area contributed by atoms with Crippen LogP contribution in [0.5, 0.6) is 0 Å². The van der Waals surface area contributed by atoms with Crippen molar-refractivity contribution in [3.05, 3.63) is 60.2 Å². The fourth-order valence-electron chi connectivity index (χ4n) is 3.91. The molecule has 150 valence electrons. The number of carbonyl (C=O) groups is 1. The van der Waals surface area contributed by atoms with Crippen LogP contribution in [0.4, 0.5) is 0 Å². The van der Waals surface area contributed by atoms with Gasteiger partial charge in [-0.2, -0.15) is 0 Å². The Morgan fingerprint density at radius 3 is 2.61 bits per heavy atom. The lowest BCUT2D eigenvalue weighted by atomic mass is 9.92. The van der Waals surface area contributed by atoms with Crippen molar-refractivity contribution in [1.29, 1.82) is 0 Å². The molecule has 1 aliphatic carbocycles. The zero-order valence-corrected chi connectivity index (χ0v) is 17.2. The Balaban J connectivity index is 1.70. The predicted molar refractivity (Wildman–Crippen MR) is 115 cm³/mol. The summed E-state index contributed by atoms with van der Waals surface area (Å²) in [6.45, 7) is 6.62. The third-order valence-electron chi connectivity index (χ3n) is 5.52. The van der Waals surface area contributed by atoms with Gasteiger partial charge in [-0.3, -0.25) is 4.79 Å². The van der Waals surface area contributed by atoms with Gasteiger partial charge in [0.15, 0.2) is 0 Å². The van der Waals surface area contributed by atoms with E-state index >= 15 is 0 Å². The first kappa shape index (κ1) is 20.6. The molecule has 0 spiro atoms. The average molecular weight is 381 g/mol. The molecule has 4 nitrogen and oxygen atoms in total. The van der Waals surface area contributed by atoms with Gasteiger partial charge in [0.25, 0.3) is 0 Å². The summed E-state index contributed by atoms with van der Waals surface area (Å²) in [7, 11) is 0. The molecule has 3 atom stereocenters. The van der Waals surface area contributed by atoms with Crippen molar-refractivity contribution in [3.8, 4) is 0 Å². The summed E-state index contributed by atoms with van der Waals surface area (Å²) in [5, 5.41) is 9.28. The minimum Gasteiger partial charge on any atom is -0.369 e. The highest BCUT2D eigenvalue weighted by atomic mass is 16.5. The largest absolute Gasteiger partial charge is 0.369 e. The summed E-state index contributed by atoms with van der Waals surface area (Å²) < 4.78 is 6.30. The predicted octanol–water partition coefficient (Wildman–Crippen LogP) is 4.34. The quantitative estimate of drug-likeness (QED) is 0.670. The Labute approximate surface area is 168 Å². The number of fused-ring (bicyclic) bond motifs is 1. The topological polar surface area (TPSA) is 50.4 Å². The van der Waals surface area contributed by atoms with Gasteiger partial charge in [0, 0.05) is 19.5 Å². The molecule has 2 N–H and O–H groups in total. The molecule has 0 fully saturated rings. The minimum absolute atomic E-state index is 0.0176. The maximum Gasteiger partial charge on any atom is 0.217 e. The summed E-state index contributed by atoms with van der Waals surface area (Å²) >= 11 is 0. The number of nitrogens with one attached hydrogen (secondary N) is 2. The van der Waals surface area contributed by atoms with Crippen LogP contribution < -0.4 is 10.6 Å². The second-order valence-electron chi connectivity index (χ2n) is 7.60. The Morgan fingerprint density at radius 2 is 1.89 bits per heavy atom. The Bertz CT molecular complexity index is 813. The van der Waals surface area contributed by atoms with E-state index in [0.29, 0.717) is 0 Å². The van der Waals surface area contributed by atoms with Crippen molar-refractivity contribution in [2.24, 2.45) is 0 Å². The van der Waals surface area contributed by atoms with Crippen molar-refractivity contribution in [1.82, 2.24) is 10.6 Å². The van der Waals surface area contributed by atoms with E-state index in [1.54, 1.807) is 6.92 Å². The lowest BCUT2D eigenvalue weighted by Gasteiger charge is -2.37. The van der Waals surface area contributed by atoms with Crippen molar-refractivity contribution in [2.45, 2.75) is 70.9 Å². The van der Waals surface area contributed by atoms with Gasteiger partial charge < -0.3 is 15.4 Å². The molecule has 0 saturated carbocycles. The van der Waals surface area contributed by atoms with Crippen LogP contribution in [0.2, 0.25) is 0 Å². The molecular formula is C24H32N2O2. The molecule has 0 bridgehead atoms. The summed E-state index contributed by atoms with van der Waals surface area (Å²) in [5.74, 6) is -0.0176. The molecule has 0 aromatic heterocycles. The summed E-state index contributed by atoms with van der Waals surface area (Å²) in [6.07, 6.45) is 7.21. The molecule has 4 heteroatoms. The van der Waals surface area contributed by atoms with E-state index in [1.807, 2.05) is 0 Å². The van der Waals surface area contributed by atoms with E-state index in [2.05, 4.69) is 79.1 Å². The van der Waals surface area contributed by atoms with Crippen LogP contribution in [-0.4, -0.2) is 30.2 Å². The number of hydrogen-bond donors (Lipinski definition) is 2. The molecule has 0 heterocycles. The first-order valence-electron chi connectivity index (χ1n) is 10.4. The Morgan fingerprint density at radius 1 is 1.14 bits per heavy atom. The SMILES string of the molecule is CCC(CC)OC1C=CC[C@H](NCc2ccc3ccccc3c2)[C@H]1NC(C)=O. The van der Waals surface area contributed by atoms with Crippen LogP contribution in [0.15, 0.2) is 54.6 Å². The van der Waals surface area contributed by atoms with Crippen molar-refractivity contribution in [3.63, 3.8) is 0 Å². The van der Waals surface area contributed by atoms with Gasteiger partial charge in [-0.05, 0) is 41.7 Å². The first-order valence-corrected chi connectivity index (χ1v) is 10.4. The molecule has 0 radical (unpaired) electrons. The number of hydrogen-bond acceptors (Lipinski definition) is 3. The average Bonchev–Trinajstić information content (AvgIpc) is 2.71. The third-order valence-corrected chi connectivity index (χ3v) is 5.52. The second-order valence-corrected chi connectivity index (χ2v) is 7.60. The first-order chi connectivity index (χ1) is 13.6. The number of carbonyl (C=O) groups excluding carboxylic acids is 1. The van der Waals surface area contributed by atoms with Gasteiger partial charge in [0.05, 0.1) is 18.2 Å². The van der Waals surface area contributed by atoms with Gasteiger partial charge in [-0.25, -0.2) is 0 Å². The van der Waals surface area contributed by atoms with Crippen molar-refractivity contribution < 1.29 is 9.53 Å². The minimum atomic E-state index is -0.100. The summed E-state index contributed by atoms with van der Waals surface area (Å²) in [6, 6.07) is 15.0. The molecule has 0 aliphatic heterocycles. The summed E-state index contributed by atoms with van der Waals surface area (Å²) in [5.41, 5.74) is 1.24.